The molecule has 2 rings (SSSR count). The molecule has 0 aliphatic rings. The molecule has 5 heteroatoms. The molecule has 0 spiro atoms. The first-order valence-electron chi connectivity index (χ1n) is 7.67. The Balaban J connectivity index is 1.57. The summed E-state index contributed by atoms with van der Waals surface area (Å²) in [7, 11) is 1.60. The molecular weight excluding hydrogens is 278 g/mol. The van der Waals surface area contributed by atoms with E-state index in [1.54, 1.807) is 25.4 Å². The molecule has 1 aromatic carbocycles. The van der Waals surface area contributed by atoms with Gasteiger partial charge in [-0.2, -0.15) is 0 Å². The first-order chi connectivity index (χ1) is 10.8. The van der Waals surface area contributed by atoms with E-state index in [9.17, 15) is 4.79 Å². The van der Waals surface area contributed by atoms with Crippen molar-refractivity contribution in [3.8, 4) is 5.75 Å². The number of rotatable bonds is 9. The molecule has 1 amide bonds. The van der Waals surface area contributed by atoms with Gasteiger partial charge in [0.2, 0.25) is 0 Å². The number of hydrogen-bond donors (Lipinski definition) is 1. The van der Waals surface area contributed by atoms with Crippen molar-refractivity contribution >= 4 is 5.91 Å². The van der Waals surface area contributed by atoms with Gasteiger partial charge in [-0.05, 0) is 31.0 Å². The third-order valence-electron chi connectivity index (χ3n) is 3.52. The van der Waals surface area contributed by atoms with Crippen LogP contribution >= 0.6 is 0 Å². The van der Waals surface area contributed by atoms with Gasteiger partial charge < -0.3 is 14.6 Å². The van der Waals surface area contributed by atoms with Crippen molar-refractivity contribution in [2.45, 2.75) is 32.2 Å². The number of amides is 1. The first-order valence-corrected chi connectivity index (χ1v) is 7.67. The van der Waals surface area contributed by atoms with E-state index in [0.29, 0.717) is 17.9 Å². The molecule has 0 radical (unpaired) electrons. The monoisotopic (exact) mass is 301 g/mol. The van der Waals surface area contributed by atoms with Crippen LogP contribution in [0.2, 0.25) is 0 Å². The second-order valence-electron chi connectivity index (χ2n) is 5.20. The molecule has 1 N–H and O–H groups in total. The number of aryl methyl sites for hydroxylation is 1. The number of imidazole rings is 1. The predicted octanol–water partition coefficient (Wildman–Crippen LogP) is 2.88. The third-order valence-corrected chi connectivity index (χ3v) is 3.52. The molecule has 0 aliphatic heterocycles. The minimum absolute atomic E-state index is 0.0442. The standard InChI is InChI=1S/C17H23N3O2/c1-22-16-8-6-7-15(13-16)17(21)19-9-4-2-3-5-11-20-12-10-18-14-20/h6-8,10,12-14H,2-5,9,11H2,1H3,(H,19,21). The van der Waals surface area contributed by atoms with Crippen LogP contribution in [-0.2, 0) is 6.54 Å². The van der Waals surface area contributed by atoms with Gasteiger partial charge >= 0.3 is 0 Å². The predicted molar refractivity (Wildman–Crippen MR) is 86.0 cm³/mol. The summed E-state index contributed by atoms with van der Waals surface area (Å²) in [6.45, 7) is 1.72. The maximum Gasteiger partial charge on any atom is 0.251 e. The summed E-state index contributed by atoms with van der Waals surface area (Å²) in [6, 6.07) is 7.20. The third kappa shape index (κ3) is 5.24. The number of benzene rings is 1. The van der Waals surface area contributed by atoms with Gasteiger partial charge in [-0.3, -0.25) is 4.79 Å². The number of carbonyl (C=O) groups excluding carboxylic acids is 1. The molecule has 0 unspecified atom stereocenters. The van der Waals surface area contributed by atoms with Gasteiger partial charge in [0.25, 0.3) is 5.91 Å². The quantitative estimate of drug-likeness (QED) is 0.725. The van der Waals surface area contributed by atoms with E-state index in [-0.39, 0.29) is 5.91 Å². The summed E-state index contributed by atoms with van der Waals surface area (Å²) >= 11 is 0. The minimum atomic E-state index is -0.0442. The highest BCUT2D eigenvalue weighted by molar-refractivity contribution is 5.94. The molecule has 0 aliphatic carbocycles. The average Bonchev–Trinajstić information content (AvgIpc) is 3.07. The second kappa shape index (κ2) is 8.87. The summed E-state index contributed by atoms with van der Waals surface area (Å²) in [5, 5.41) is 2.95. The number of unbranched alkanes of at least 4 members (excludes halogenated alkanes) is 3. The number of hydrogen-bond acceptors (Lipinski definition) is 3. The maximum atomic E-state index is 12.0. The molecule has 118 valence electrons. The van der Waals surface area contributed by atoms with Crippen LogP contribution in [0.1, 0.15) is 36.0 Å². The van der Waals surface area contributed by atoms with E-state index in [2.05, 4.69) is 14.9 Å². The fraction of sp³-hybridized carbons (Fsp3) is 0.412. The van der Waals surface area contributed by atoms with Gasteiger partial charge in [0.15, 0.2) is 0 Å². The largest absolute Gasteiger partial charge is 0.497 e. The Labute approximate surface area is 131 Å². The van der Waals surface area contributed by atoms with Crippen molar-refractivity contribution in [1.29, 1.82) is 0 Å². The molecule has 1 aromatic heterocycles. The Kier molecular flexibility index (Phi) is 6.48. The minimum Gasteiger partial charge on any atom is -0.497 e. The zero-order valence-corrected chi connectivity index (χ0v) is 13.0. The number of nitrogens with zero attached hydrogens (tertiary/aromatic N) is 2. The number of ether oxygens (including phenoxy) is 1. The molecule has 22 heavy (non-hydrogen) atoms. The molecule has 5 nitrogen and oxygen atoms in total. The van der Waals surface area contributed by atoms with Gasteiger partial charge in [0.1, 0.15) is 5.75 Å². The topological polar surface area (TPSA) is 56.1 Å². The van der Waals surface area contributed by atoms with Gasteiger partial charge in [0, 0.05) is 31.0 Å². The van der Waals surface area contributed by atoms with E-state index < -0.39 is 0 Å². The summed E-state index contributed by atoms with van der Waals surface area (Å²) in [5.41, 5.74) is 0.638. The SMILES string of the molecule is COc1cccc(C(=O)NCCCCCCn2ccnc2)c1. The van der Waals surface area contributed by atoms with Crippen LogP contribution in [0.15, 0.2) is 43.0 Å². The summed E-state index contributed by atoms with van der Waals surface area (Å²) in [5.74, 6) is 0.657. The lowest BCUT2D eigenvalue weighted by Crippen LogP contribution is -2.24. The van der Waals surface area contributed by atoms with E-state index in [1.807, 2.05) is 24.7 Å². The van der Waals surface area contributed by atoms with E-state index >= 15 is 0 Å². The van der Waals surface area contributed by atoms with Crippen molar-refractivity contribution in [2.75, 3.05) is 13.7 Å². The average molecular weight is 301 g/mol. The number of methoxy groups -OCH3 is 1. The van der Waals surface area contributed by atoms with Crippen molar-refractivity contribution in [2.24, 2.45) is 0 Å². The van der Waals surface area contributed by atoms with Crippen LogP contribution in [0.4, 0.5) is 0 Å². The lowest BCUT2D eigenvalue weighted by Gasteiger charge is -2.07. The smallest absolute Gasteiger partial charge is 0.251 e. The zero-order valence-electron chi connectivity index (χ0n) is 13.0. The highest BCUT2D eigenvalue weighted by Crippen LogP contribution is 2.12. The Morgan fingerprint density at radius 3 is 2.91 bits per heavy atom. The Morgan fingerprint density at radius 2 is 2.14 bits per heavy atom. The van der Waals surface area contributed by atoms with Crippen LogP contribution < -0.4 is 10.1 Å². The van der Waals surface area contributed by atoms with Crippen LogP contribution in [0, 0.1) is 0 Å². The first kappa shape index (κ1) is 16.1. The zero-order chi connectivity index (χ0) is 15.6. The van der Waals surface area contributed by atoms with Crippen LogP contribution in [0.5, 0.6) is 5.75 Å². The van der Waals surface area contributed by atoms with E-state index in [4.69, 9.17) is 4.74 Å². The Bertz CT molecular complexity index is 567. The molecule has 2 aromatic rings. The van der Waals surface area contributed by atoms with Gasteiger partial charge in [-0.1, -0.05) is 18.9 Å². The van der Waals surface area contributed by atoms with Gasteiger partial charge in [-0.25, -0.2) is 4.98 Å². The van der Waals surface area contributed by atoms with E-state index in [0.717, 1.165) is 32.2 Å². The van der Waals surface area contributed by atoms with Crippen molar-refractivity contribution in [1.82, 2.24) is 14.9 Å². The normalized spacial score (nSPS) is 10.4. The maximum absolute atomic E-state index is 12.0. The van der Waals surface area contributed by atoms with E-state index in [1.165, 1.54) is 0 Å². The lowest BCUT2D eigenvalue weighted by atomic mass is 10.1. The highest BCUT2D eigenvalue weighted by Gasteiger charge is 2.05. The molecule has 0 fully saturated rings. The Hall–Kier alpha value is -2.30. The van der Waals surface area contributed by atoms with Crippen LogP contribution in [-0.4, -0.2) is 29.1 Å². The van der Waals surface area contributed by atoms with Crippen LogP contribution in [0.25, 0.3) is 0 Å². The molecule has 1 heterocycles. The fourth-order valence-corrected chi connectivity index (χ4v) is 2.26. The number of aromatic nitrogens is 2. The molecular formula is C17H23N3O2. The Morgan fingerprint density at radius 1 is 1.27 bits per heavy atom. The van der Waals surface area contributed by atoms with Crippen LogP contribution in [0.3, 0.4) is 0 Å². The fourth-order valence-electron chi connectivity index (χ4n) is 2.26. The molecule has 0 saturated carbocycles. The molecule has 0 saturated heterocycles. The van der Waals surface area contributed by atoms with Crippen molar-refractivity contribution in [3.63, 3.8) is 0 Å². The van der Waals surface area contributed by atoms with Gasteiger partial charge in [0.05, 0.1) is 13.4 Å². The number of nitrogens with one attached hydrogen (secondary N) is 1. The summed E-state index contributed by atoms with van der Waals surface area (Å²) in [6.07, 6.45) is 10.0. The van der Waals surface area contributed by atoms with Crippen molar-refractivity contribution < 1.29 is 9.53 Å². The number of carbonyl (C=O) groups is 1. The lowest BCUT2D eigenvalue weighted by molar-refractivity contribution is 0.0952. The molecule has 0 atom stereocenters. The highest BCUT2D eigenvalue weighted by atomic mass is 16.5. The second-order valence-corrected chi connectivity index (χ2v) is 5.20. The van der Waals surface area contributed by atoms with Crippen molar-refractivity contribution in [3.05, 3.63) is 48.5 Å². The van der Waals surface area contributed by atoms with Gasteiger partial charge in [-0.15, -0.1) is 0 Å². The molecule has 0 bridgehead atoms. The summed E-state index contributed by atoms with van der Waals surface area (Å²) in [4.78, 5) is 16.0. The summed E-state index contributed by atoms with van der Waals surface area (Å²) < 4.78 is 7.21.